The molecule has 2 N–H and O–H groups in total. The predicted molar refractivity (Wildman–Crippen MR) is 116 cm³/mol. The van der Waals surface area contributed by atoms with Crippen LogP contribution in [0.5, 0.6) is 11.5 Å². The quantitative estimate of drug-likeness (QED) is 0.341. The minimum atomic E-state index is -0.453. The summed E-state index contributed by atoms with van der Waals surface area (Å²) in [5.41, 5.74) is 2.20. The second-order valence-corrected chi connectivity index (χ2v) is 9.55. The number of halogens is 1. The molecule has 0 heterocycles. The van der Waals surface area contributed by atoms with Gasteiger partial charge in [0.1, 0.15) is 18.2 Å². The zero-order valence-corrected chi connectivity index (χ0v) is 18.4. The van der Waals surface area contributed by atoms with Gasteiger partial charge in [0.15, 0.2) is 0 Å². The van der Waals surface area contributed by atoms with Crippen molar-refractivity contribution in [2.45, 2.75) is 90.9 Å². The highest BCUT2D eigenvalue weighted by molar-refractivity contribution is 5.52. The van der Waals surface area contributed by atoms with Crippen molar-refractivity contribution in [3.05, 3.63) is 34.9 Å². The first kappa shape index (κ1) is 22.8. The first-order chi connectivity index (χ1) is 13.2. The maximum Gasteiger partial charge on any atom is 0.123 e. The van der Waals surface area contributed by atoms with Gasteiger partial charge < -0.3 is 10.2 Å². The number of alkyl halides is 1. The fourth-order valence-corrected chi connectivity index (χ4v) is 4.64. The SMILES string of the molecule is CCCCCCC(C)(C)c1cc(O)c(C2C=C(CF)CC[C@H]2C(C)C)c(O)c1. The van der Waals surface area contributed by atoms with Crippen molar-refractivity contribution < 1.29 is 14.6 Å². The number of aromatic hydroxyl groups is 2. The Kier molecular flexibility index (Phi) is 7.97. The Morgan fingerprint density at radius 2 is 1.75 bits per heavy atom. The first-order valence-electron chi connectivity index (χ1n) is 11.0. The normalized spacial score (nSPS) is 20.5. The zero-order chi connectivity index (χ0) is 20.9. The average molecular weight is 391 g/mol. The van der Waals surface area contributed by atoms with Gasteiger partial charge in [-0.2, -0.15) is 0 Å². The summed E-state index contributed by atoms with van der Waals surface area (Å²) >= 11 is 0. The van der Waals surface area contributed by atoms with E-state index in [9.17, 15) is 14.6 Å². The van der Waals surface area contributed by atoms with Crippen molar-refractivity contribution in [1.82, 2.24) is 0 Å². The Morgan fingerprint density at radius 3 is 2.29 bits per heavy atom. The van der Waals surface area contributed by atoms with Gasteiger partial charge in [-0.05, 0) is 59.8 Å². The van der Waals surface area contributed by atoms with Gasteiger partial charge in [-0.1, -0.05) is 66.4 Å². The summed E-state index contributed by atoms with van der Waals surface area (Å²) in [6.07, 6.45) is 9.43. The molecule has 0 saturated carbocycles. The van der Waals surface area contributed by atoms with E-state index in [0.717, 1.165) is 36.8 Å². The lowest BCUT2D eigenvalue weighted by Gasteiger charge is -2.34. The summed E-state index contributed by atoms with van der Waals surface area (Å²) in [4.78, 5) is 0. The van der Waals surface area contributed by atoms with Gasteiger partial charge in [0.2, 0.25) is 0 Å². The van der Waals surface area contributed by atoms with Crippen LogP contribution in [0.25, 0.3) is 0 Å². The highest BCUT2D eigenvalue weighted by Gasteiger charge is 2.33. The fraction of sp³-hybridized carbons (Fsp3) is 0.680. The lowest BCUT2D eigenvalue weighted by atomic mass is 9.71. The van der Waals surface area contributed by atoms with Crippen molar-refractivity contribution >= 4 is 0 Å². The number of hydrogen-bond donors (Lipinski definition) is 2. The van der Waals surface area contributed by atoms with Crippen molar-refractivity contribution in [1.29, 1.82) is 0 Å². The van der Waals surface area contributed by atoms with Crippen LogP contribution in [0.3, 0.4) is 0 Å². The molecule has 1 aliphatic rings. The molecule has 1 aromatic carbocycles. The second-order valence-electron chi connectivity index (χ2n) is 9.55. The first-order valence-corrected chi connectivity index (χ1v) is 11.0. The Balaban J connectivity index is 2.34. The van der Waals surface area contributed by atoms with Crippen LogP contribution in [0.2, 0.25) is 0 Å². The molecule has 0 saturated heterocycles. The third-order valence-electron chi connectivity index (χ3n) is 6.61. The zero-order valence-electron chi connectivity index (χ0n) is 18.4. The van der Waals surface area contributed by atoms with Crippen LogP contribution >= 0.6 is 0 Å². The molecule has 158 valence electrons. The molecule has 0 fully saturated rings. The fourth-order valence-electron chi connectivity index (χ4n) is 4.64. The van der Waals surface area contributed by atoms with E-state index in [0.29, 0.717) is 17.4 Å². The monoisotopic (exact) mass is 390 g/mol. The third kappa shape index (κ3) is 5.30. The highest BCUT2D eigenvalue weighted by atomic mass is 19.1. The number of unbranched alkanes of at least 4 members (excludes halogenated alkanes) is 3. The van der Waals surface area contributed by atoms with E-state index >= 15 is 0 Å². The molecule has 0 aliphatic heterocycles. The van der Waals surface area contributed by atoms with E-state index in [2.05, 4.69) is 34.6 Å². The van der Waals surface area contributed by atoms with Gasteiger partial charge in [0.25, 0.3) is 0 Å². The van der Waals surface area contributed by atoms with E-state index in [1.54, 1.807) is 0 Å². The van der Waals surface area contributed by atoms with Crippen molar-refractivity contribution in [2.75, 3.05) is 6.67 Å². The smallest absolute Gasteiger partial charge is 0.123 e. The van der Waals surface area contributed by atoms with Gasteiger partial charge in [-0.25, -0.2) is 4.39 Å². The summed E-state index contributed by atoms with van der Waals surface area (Å²) in [5, 5.41) is 21.7. The molecule has 3 heteroatoms. The summed E-state index contributed by atoms with van der Waals surface area (Å²) in [5.74, 6) is 0.837. The topological polar surface area (TPSA) is 40.5 Å². The molecular formula is C25H39FO2. The molecule has 1 aliphatic carbocycles. The van der Waals surface area contributed by atoms with Gasteiger partial charge >= 0.3 is 0 Å². The molecule has 0 aromatic heterocycles. The largest absolute Gasteiger partial charge is 0.507 e. The van der Waals surface area contributed by atoms with Crippen LogP contribution in [0.1, 0.15) is 96.6 Å². The van der Waals surface area contributed by atoms with E-state index < -0.39 is 6.67 Å². The lowest BCUT2D eigenvalue weighted by molar-refractivity contribution is 0.298. The number of hydrogen-bond acceptors (Lipinski definition) is 2. The van der Waals surface area contributed by atoms with Gasteiger partial charge in [-0.15, -0.1) is 0 Å². The minimum absolute atomic E-state index is 0.106. The lowest BCUT2D eigenvalue weighted by Crippen LogP contribution is -2.22. The Hall–Kier alpha value is -1.51. The van der Waals surface area contributed by atoms with Crippen molar-refractivity contribution in [3.8, 4) is 11.5 Å². The van der Waals surface area contributed by atoms with Crippen LogP contribution in [0.15, 0.2) is 23.8 Å². The van der Waals surface area contributed by atoms with E-state index in [1.165, 1.54) is 19.3 Å². The average Bonchev–Trinajstić information content (AvgIpc) is 2.64. The number of benzene rings is 1. The number of phenols is 2. The minimum Gasteiger partial charge on any atom is -0.507 e. The number of rotatable bonds is 9. The molecule has 0 spiro atoms. The van der Waals surface area contributed by atoms with Gasteiger partial charge in [0.05, 0.1) is 0 Å². The summed E-state index contributed by atoms with van der Waals surface area (Å²) in [7, 11) is 0. The third-order valence-corrected chi connectivity index (χ3v) is 6.61. The number of allylic oxidation sites excluding steroid dienone is 2. The molecule has 0 bridgehead atoms. The Morgan fingerprint density at radius 1 is 1.11 bits per heavy atom. The Bertz CT molecular complexity index is 652. The predicted octanol–water partition coefficient (Wildman–Crippen LogP) is 7.39. The summed E-state index contributed by atoms with van der Waals surface area (Å²) in [6.45, 7) is 10.4. The Labute approximate surface area is 170 Å². The van der Waals surface area contributed by atoms with Crippen LogP contribution in [-0.2, 0) is 5.41 Å². The molecule has 1 unspecified atom stereocenters. The summed E-state index contributed by atoms with van der Waals surface area (Å²) in [6, 6.07) is 3.65. The van der Waals surface area contributed by atoms with Crippen LogP contribution < -0.4 is 0 Å². The van der Waals surface area contributed by atoms with E-state index in [-0.39, 0.29) is 22.8 Å². The van der Waals surface area contributed by atoms with Crippen LogP contribution in [0.4, 0.5) is 4.39 Å². The van der Waals surface area contributed by atoms with Crippen molar-refractivity contribution in [3.63, 3.8) is 0 Å². The molecule has 28 heavy (non-hydrogen) atoms. The van der Waals surface area contributed by atoms with Crippen LogP contribution in [0, 0.1) is 11.8 Å². The molecular weight excluding hydrogens is 351 g/mol. The molecule has 2 rings (SSSR count). The molecule has 2 atom stereocenters. The van der Waals surface area contributed by atoms with E-state index in [1.807, 2.05) is 18.2 Å². The maximum absolute atomic E-state index is 13.3. The van der Waals surface area contributed by atoms with Crippen LogP contribution in [-0.4, -0.2) is 16.9 Å². The molecule has 0 radical (unpaired) electrons. The number of phenolic OH excluding ortho intramolecular Hbond substituents is 2. The van der Waals surface area contributed by atoms with Crippen molar-refractivity contribution in [2.24, 2.45) is 11.8 Å². The molecule has 0 amide bonds. The second kappa shape index (κ2) is 9.80. The maximum atomic E-state index is 13.3. The van der Waals surface area contributed by atoms with Gasteiger partial charge in [-0.3, -0.25) is 0 Å². The van der Waals surface area contributed by atoms with E-state index in [4.69, 9.17) is 0 Å². The van der Waals surface area contributed by atoms with Gasteiger partial charge in [0, 0.05) is 11.5 Å². The molecule has 2 nitrogen and oxygen atoms in total. The standard InChI is InChI=1S/C25H39FO2/c1-6-7-8-9-12-25(4,5)19-14-22(27)24(23(28)15-19)21-13-18(16-26)10-11-20(21)17(2)3/h13-15,17,20-21,27-28H,6-12,16H2,1-5H3/t20-,21?/m0/s1. The summed E-state index contributed by atoms with van der Waals surface area (Å²) < 4.78 is 13.3. The molecule has 1 aromatic rings. The highest BCUT2D eigenvalue weighted by Crippen LogP contribution is 2.48.